The fourth-order valence-corrected chi connectivity index (χ4v) is 4.88. The Morgan fingerprint density at radius 2 is 2.00 bits per heavy atom. The molecule has 2 aliphatic rings. The third-order valence-electron chi connectivity index (χ3n) is 4.97. The minimum absolute atomic E-state index is 0.193. The fourth-order valence-electron chi connectivity index (χ4n) is 3.47. The summed E-state index contributed by atoms with van der Waals surface area (Å²) in [6.45, 7) is 4.54. The van der Waals surface area contributed by atoms with Gasteiger partial charge in [0.2, 0.25) is 0 Å². The van der Waals surface area contributed by atoms with Gasteiger partial charge in [-0.15, -0.1) is 11.8 Å². The first kappa shape index (κ1) is 21.8. The number of thioether (sulfide) groups is 1. The maximum Gasteiger partial charge on any atom is 0.352 e. The van der Waals surface area contributed by atoms with Gasteiger partial charge >= 0.3 is 11.9 Å². The standard InChI is InChI=1S/C20H22N2O7S/c1-10-5-13(6-11(2)16(10)24)7-21-20(28-4)18(27)22-15(17(25)26)14(8-29-12(3)23)9-30-19(20)22/h5-7,19,24H,8-9H2,1-4H3,(H,25,26)/t19-,20-/m0/s1. The number of ether oxygens (including phenoxy) is 2. The number of phenolic OH excluding ortho intramolecular Hbond substituents is 1. The number of esters is 1. The van der Waals surface area contributed by atoms with Crippen LogP contribution in [0, 0.1) is 13.8 Å². The SMILES string of the molecule is CO[C@@]1(N=Cc2cc(C)c(O)c(C)c2)C(=O)N2C(C(=O)O)=C(COC(C)=O)CS[C@H]21. The van der Waals surface area contributed by atoms with Gasteiger partial charge in [0.25, 0.3) is 11.6 Å². The third-order valence-corrected chi connectivity index (χ3v) is 6.33. The quantitative estimate of drug-likeness (QED) is 0.393. The van der Waals surface area contributed by atoms with E-state index in [1.54, 1.807) is 26.0 Å². The van der Waals surface area contributed by atoms with Crippen molar-refractivity contribution in [3.63, 3.8) is 0 Å². The van der Waals surface area contributed by atoms with Crippen LogP contribution in [0.4, 0.5) is 0 Å². The molecule has 2 N–H and O–H groups in total. The van der Waals surface area contributed by atoms with E-state index in [1.807, 2.05) is 0 Å². The molecule has 1 amide bonds. The van der Waals surface area contributed by atoms with Gasteiger partial charge in [-0.25, -0.2) is 9.79 Å². The molecule has 1 fully saturated rings. The summed E-state index contributed by atoms with van der Waals surface area (Å²) in [5, 5.41) is 18.9. The first-order valence-electron chi connectivity index (χ1n) is 9.07. The molecule has 0 unspecified atom stereocenters. The number of hydrogen-bond acceptors (Lipinski definition) is 8. The number of carboxylic acid groups (broad SMARTS) is 1. The molecule has 9 nitrogen and oxygen atoms in total. The van der Waals surface area contributed by atoms with Crippen LogP contribution in [0.5, 0.6) is 5.75 Å². The summed E-state index contributed by atoms with van der Waals surface area (Å²) >= 11 is 1.29. The molecule has 2 heterocycles. The Labute approximate surface area is 177 Å². The van der Waals surface area contributed by atoms with Crippen LogP contribution in [0.25, 0.3) is 0 Å². The van der Waals surface area contributed by atoms with Gasteiger partial charge in [0.15, 0.2) is 0 Å². The predicted molar refractivity (Wildman–Crippen MR) is 109 cm³/mol. The van der Waals surface area contributed by atoms with E-state index in [0.29, 0.717) is 22.3 Å². The first-order valence-corrected chi connectivity index (χ1v) is 10.1. The highest BCUT2D eigenvalue weighted by Gasteiger charge is 2.66. The number of nitrogens with zero attached hydrogens (tertiary/aromatic N) is 2. The van der Waals surface area contributed by atoms with Gasteiger partial charge in [-0.3, -0.25) is 14.5 Å². The lowest BCUT2D eigenvalue weighted by molar-refractivity contribution is -0.182. The van der Waals surface area contributed by atoms with Gasteiger partial charge in [-0.2, -0.15) is 0 Å². The number of fused-ring (bicyclic) bond motifs is 1. The largest absolute Gasteiger partial charge is 0.507 e. The minimum atomic E-state index is -1.56. The number of carbonyl (C=O) groups is 3. The molecule has 0 spiro atoms. The number of carboxylic acids is 1. The van der Waals surface area contributed by atoms with Gasteiger partial charge in [0.05, 0.1) is 0 Å². The van der Waals surface area contributed by atoms with Crippen molar-refractivity contribution in [2.75, 3.05) is 19.5 Å². The normalized spacial score (nSPS) is 23.4. The number of phenols is 1. The molecular formula is C20H22N2O7S. The molecule has 1 aromatic carbocycles. The molecule has 0 radical (unpaired) electrons. The van der Waals surface area contributed by atoms with E-state index in [4.69, 9.17) is 9.47 Å². The van der Waals surface area contributed by atoms with Crippen molar-refractivity contribution in [2.45, 2.75) is 31.9 Å². The summed E-state index contributed by atoms with van der Waals surface area (Å²) in [7, 11) is 1.35. The number of rotatable bonds is 6. The smallest absolute Gasteiger partial charge is 0.352 e. The molecule has 2 atom stereocenters. The van der Waals surface area contributed by atoms with E-state index >= 15 is 0 Å². The number of β-lactam (4-membered cyclic amide) rings is 1. The van der Waals surface area contributed by atoms with Crippen LogP contribution in [0.3, 0.4) is 0 Å². The summed E-state index contributed by atoms with van der Waals surface area (Å²) in [4.78, 5) is 41.4. The highest BCUT2D eigenvalue weighted by atomic mass is 32.2. The van der Waals surface area contributed by atoms with E-state index in [1.165, 1.54) is 32.0 Å². The third kappa shape index (κ3) is 3.56. The summed E-state index contributed by atoms with van der Waals surface area (Å²) in [5.41, 5.74) is 0.592. The number of hydrogen-bond donors (Lipinski definition) is 2. The van der Waals surface area contributed by atoms with Gasteiger partial charge in [0.1, 0.15) is 23.4 Å². The Kier molecular flexibility index (Phi) is 5.91. The van der Waals surface area contributed by atoms with Gasteiger partial charge in [-0.1, -0.05) is 0 Å². The molecule has 0 aromatic heterocycles. The Balaban J connectivity index is 1.92. The molecule has 2 aliphatic heterocycles. The van der Waals surface area contributed by atoms with Crippen molar-refractivity contribution in [2.24, 2.45) is 4.99 Å². The molecule has 1 saturated heterocycles. The lowest BCUT2D eigenvalue weighted by Crippen LogP contribution is -2.73. The van der Waals surface area contributed by atoms with Gasteiger partial charge in [0, 0.05) is 31.6 Å². The van der Waals surface area contributed by atoms with Crippen LogP contribution in [0.15, 0.2) is 28.4 Å². The lowest BCUT2D eigenvalue weighted by Gasteiger charge is -2.53. The van der Waals surface area contributed by atoms with Crippen LogP contribution < -0.4 is 0 Å². The zero-order valence-corrected chi connectivity index (χ0v) is 17.8. The van der Waals surface area contributed by atoms with Crippen molar-refractivity contribution in [1.82, 2.24) is 4.90 Å². The maximum absolute atomic E-state index is 13.0. The molecule has 0 aliphatic carbocycles. The van der Waals surface area contributed by atoms with Crippen molar-refractivity contribution in [3.05, 3.63) is 40.1 Å². The molecule has 30 heavy (non-hydrogen) atoms. The molecule has 0 bridgehead atoms. The number of amides is 1. The predicted octanol–water partition coefficient (Wildman–Crippen LogP) is 1.59. The summed E-state index contributed by atoms with van der Waals surface area (Å²) < 4.78 is 10.4. The highest BCUT2D eigenvalue weighted by Crippen LogP contribution is 2.48. The van der Waals surface area contributed by atoms with E-state index in [0.717, 1.165) is 4.90 Å². The van der Waals surface area contributed by atoms with Gasteiger partial charge in [-0.05, 0) is 42.7 Å². The zero-order valence-electron chi connectivity index (χ0n) is 17.0. The molecule has 0 saturated carbocycles. The second-order valence-electron chi connectivity index (χ2n) is 7.04. The van der Waals surface area contributed by atoms with Crippen LogP contribution in [-0.4, -0.2) is 69.7 Å². The Morgan fingerprint density at radius 3 is 2.53 bits per heavy atom. The lowest BCUT2D eigenvalue weighted by atomic mass is 9.98. The Hall–Kier alpha value is -2.85. The Morgan fingerprint density at radius 1 is 1.37 bits per heavy atom. The number of aliphatic imine (C=N–C) groups is 1. The minimum Gasteiger partial charge on any atom is -0.507 e. The number of aromatic hydroxyl groups is 1. The van der Waals surface area contributed by atoms with E-state index in [2.05, 4.69) is 4.99 Å². The average molecular weight is 434 g/mol. The average Bonchev–Trinajstić information content (AvgIpc) is 2.69. The molecular weight excluding hydrogens is 412 g/mol. The number of benzene rings is 1. The van der Waals surface area contributed by atoms with Crippen molar-refractivity contribution in [1.29, 1.82) is 0 Å². The summed E-state index contributed by atoms with van der Waals surface area (Å²) in [6, 6.07) is 3.45. The summed E-state index contributed by atoms with van der Waals surface area (Å²) in [5.74, 6) is -1.98. The number of aliphatic carboxylic acids is 1. The van der Waals surface area contributed by atoms with Crippen molar-refractivity contribution >= 4 is 35.8 Å². The molecule has 160 valence electrons. The molecule has 3 rings (SSSR count). The second kappa shape index (κ2) is 8.11. The van der Waals surface area contributed by atoms with Crippen LogP contribution >= 0.6 is 11.8 Å². The van der Waals surface area contributed by atoms with Crippen molar-refractivity contribution < 1.29 is 34.1 Å². The second-order valence-corrected chi connectivity index (χ2v) is 8.11. The van der Waals surface area contributed by atoms with E-state index in [-0.39, 0.29) is 23.8 Å². The Bertz CT molecular complexity index is 964. The van der Waals surface area contributed by atoms with Gasteiger partial charge < -0.3 is 19.7 Å². The van der Waals surface area contributed by atoms with E-state index < -0.39 is 28.9 Å². The zero-order chi connectivity index (χ0) is 22.2. The number of aryl methyl sites for hydroxylation is 2. The number of methoxy groups -OCH3 is 1. The number of carbonyl (C=O) groups excluding carboxylic acids is 2. The van der Waals surface area contributed by atoms with E-state index in [9.17, 15) is 24.6 Å². The molecule has 1 aromatic rings. The van der Waals surface area contributed by atoms with Crippen molar-refractivity contribution in [3.8, 4) is 5.75 Å². The van der Waals surface area contributed by atoms with Crippen LogP contribution in [-0.2, 0) is 23.9 Å². The maximum atomic E-state index is 13.0. The van der Waals surface area contributed by atoms with Crippen LogP contribution in [0.2, 0.25) is 0 Å². The highest BCUT2D eigenvalue weighted by molar-refractivity contribution is 8.00. The summed E-state index contributed by atoms with van der Waals surface area (Å²) in [6.07, 6.45) is 1.48. The first-order chi connectivity index (χ1) is 14.1. The molecule has 10 heteroatoms. The monoisotopic (exact) mass is 434 g/mol. The fraction of sp³-hybridized carbons (Fsp3) is 0.400. The topological polar surface area (TPSA) is 126 Å². The van der Waals surface area contributed by atoms with Crippen LogP contribution in [0.1, 0.15) is 23.6 Å².